The van der Waals surface area contributed by atoms with Gasteiger partial charge in [0.1, 0.15) is 0 Å². The fraction of sp³-hybridized carbons (Fsp3) is 0.312. The molecule has 0 aromatic carbocycles. The van der Waals surface area contributed by atoms with E-state index in [4.69, 9.17) is 0 Å². The molecule has 1 atom stereocenters. The monoisotopic (exact) mass is 377 g/mol. The van der Waals surface area contributed by atoms with Crippen LogP contribution in [0, 0.1) is 6.92 Å². The lowest BCUT2D eigenvalue weighted by Crippen LogP contribution is -2.13. The van der Waals surface area contributed by atoms with Gasteiger partial charge in [-0.15, -0.1) is 11.3 Å². The minimum absolute atomic E-state index is 0.0105. The molecule has 1 fully saturated rings. The average Bonchev–Trinajstić information content (AvgIpc) is 3.26. The van der Waals surface area contributed by atoms with Crippen LogP contribution in [-0.2, 0) is 9.84 Å². The number of pyridine rings is 1. The summed E-state index contributed by atoms with van der Waals surface area (Å²) < 4.78 is 25.3. The van der Waals surface area contributed by atoms with Gasteiger partial charge in [-0.25, -0.2) is 22.9 Å². The molecule has 0 spiro atoms. The number of aromatic carboxylic acids is 1. The van der Waals surface area contributed by atoms with E-state index in [1.807, 2.05) is 17.5 Å². The zero-order chi connectivity index (χ0) is 17.8. The van der Waals surface area contributed by atoms with Gasteiger partial charge in [0.15, 0.2) is 15.5 Å². The predicted octanol–water partition coefficient (Wildman–Crippen LogP) is 2.53. The van der Waals surface area contributed by atoms with Gasteiger partial charge in [0.2, 0.25) is 0 Å². The molecule has 1 aliphatic heterocycles. The van der Waals surface area contributed by atoms with Crippen molar-refractivity contribution in [3.8, 4) is 10.6 Å². The Kier molecular flexibility index (Phi) is 3.66. The fourth-order valence-corrected chi connectivity index (χ4v) is 5.63. The molecule has 0 radical (unpaired) electrons. The lowest BCUT2D eigenvalue weighted by Gasteiger charge is -2.10. The van der Waals surface area contributed by atoms with Crippen LogP contribution >= 0.6 is 11.3 Å². The van der Waals surface area contributed by atoms with Crippen molar-refractivity contribution in [3.63, 3.8) is 0 Å². The molecule has 3 aromatic heterocycles. The molecule has 4 heterocycles. The lowest BCUT2D eigenvalue weighted by atomic mass is 10.1. The molecule has 0 saturated carbocycles. The largest absolute Gasteiger partial charge is 0.478 e. The van der Waals surface area contributed by atoms with Crippen molar-refractivity contribution in [2.75, 3.05) is 11.5 Å². The third kappa shape index (κ3) is 2.73. The predicted molar refractivity (Wildman–Crippen MR) is 94.8 cm³/mol. The molecule has 4 rings (SSSR count). The van der Waals surface area contributed by atoms with Crippen LogP contribution in [0.15, 0.2) is 23.6 Å². The molecule has 0 aliphatic carbocycles. The Morgan fingerprint density at radius 1 is 1.44 bits per heavy atom. The summed E-state index contributed by atoms with van der Waals surface area (Å²) in [6.07, 6.45) is 0.464. The number of thiophene rings is 1. The Bertz CT molecular complexity index is 1080. The maximum atomic E-state index is 11.8. The Balaban J connectivity index is 1.98. The van der Waals surface area contributed by atoms with Crippen LogP contribution in [0.25, 0.3) is 21.6 Å². The summed E-state index contributed by atoms with van der Waals surface area (Å²) in [5.41, 5.74) is 1.67. The van der Waals surface area contributed by atoms with Crippen LogP contribution < -0.4 is 0 Å². The van der Waals surface area contributed by atoms with Gasteiger partial charge >= 0.3 is 5.97 Å². The zero-order valence-electron chi connectivity index (χ0n) is 13.3. The van der Waals surface area contributed by atoms with E-state index in [9.17, 15) is 18.3 Å². The molecule has 1 N–H and O–H groups in total. The number of carboxylic acids is 1. The van der Waals surface area contributed by atoms with Crippen molar-refractivity contribution in [1.82, 2.24) is 14.8 Å². The van der Waals surface area contributed by atoms with Gasteiger partial charge in [0, 0.05) is 0 Å². The Hall–Kier alpha value is -2.26. The van der Waals surface area contributed by atoms with E-state index in [1.165, 1.54) is 11.3 Å². The summed E-state index contributed by atoms with van der Waals surface area (Å²) in [5.74, 6) is -0.919. The number of nitrogens with zero attached hydrogens (tertiary/aromatic N) is 3. The first-order valence-electron chi connectivity index (χ1n) is 7.73. The SMILES string of the molecule is Cc1nn([C@@H]2CCS(=O)(=O)C2)c2nc(-c3cccs3)cc(C(=O)O)c12. The molecule has 0 bridgehead atoms. The number of rotatable bonds is 3. The first-order chi connectivity index (χ1) is 11.9. The second-order valence-corrected chi connectivity index (χ2v) is 9.30. The van der Waals surface area contributed by atoms with E-state index in [1.54, 1.807) is 17.7 Å². The van der Waals surface area contributed by atoms with Crippen LogP contribution in [0.1, 0.15) is 28.5 Å². The quantitative estimate of drug-likeness (QED) is 0.752. The molecular weight excluding hydrogens is 362 g/mol. The topological polar surface area (TPSA) is 102 Å². The lowest BCUT2D eigenvalue weighted by molar-refractivity contribution is 0.0699. The number of fused-ring (bicyclic) bond motifs is 1. The number of hydrogen-bond donors (Lipinski definition) is 1. The maximum absolute atomic E-state index is 11.8. The molecule has 1 saturated heterocycles. The highest BCUT2D eigenvalue weighted by Crippen LogP contribution is 2.33. The molecule has 0 unspecified atom stereocenters. The number of carbonyl (C=O) groups is 1. The Morgan fingerprint density at radius 3 is 2.84 bits per heavy atom. The molecule has 1 aliphatic rings. The smallest absolute Gasteiger partial charge is 0.336 e. The summed E-state index contributed by atoms with van der Waals surface area (Å²) >= 11 is 1.47. The third-order valence-electron chi connectivity index (χ3n) is 4.40. The van der Waals surface area contributed by atoms with E-state index in [0.29, 0.717) is 28.8 Å². The first-order valence-corrected chi connectivity index (χ1v) is 10.4. The summed E-state index contributed by atoms with van der Waals surface area (Å²) in [4.78, 5) is 17.2. The highest BCUT2D eigenvalue weighted by molar-refractivity contribution is 7.91. The van der Waals surface area contributed by atoms with Crippen molar-refractivity contribution in [3.05, 3.63) is 34.8 Å². The molecule has 7 nitrogen and oxygen atoms in total. The van der Waals surface area contributed by atoms with E-state index < -0.39 is 15.8 Å². The second kappa shape index (κ2) is 5.63. The summed E-state index contributed by atoms with van der Waals surface area (Å²) in [7, 11) is -3.09. The van der Waals surface area contributed by atoms with Gasteiger partial charge in [-0.2, -0.15) is 5.10 Å². The van der Waals surface area contributed by atoms with Crippen LogP contribution in [0.4, 0.5) is 0 Å². The fourth-order valence-electron chi connectivity index (χ4n) is 3.26. The van der Waals surface area contributed by atoms with Gasteiger partial charge in [0.05, 0.1) is 44.8 Å². The van der Waals surface area contributed by atoms with Gasteiger partial charge in [-0.1, -0.05) is 6.07 Å². The van der Waals surface area contributed by atoms with E-state index in [-0.39, 0.29) is 23.1 Å². The van der Waals surface area contributed by atoms with Gasteiger partial charge < -0.3 is 5.11 Å². The van der Waals surface area contributed by atoms with Crippen LogP contribution in [0.3, 0.4) is 0 Å². The third-order valence-corrected chi connectivity index (χ3v) is 7.04. The van der Waals surface area contributed by atoms with Gasteiger partial charge in [0.25, 0.3) is 0 Å². The first kappa shape index (κ1) is 16.2. The van der Waals surface area contributed by atoms with Crippen molar-refractivity contribution >= 4 is 38.2 Å². The summed E-state index contributed by atoms with van der Waals surface area (Å²) in [6, 6.07) is 4.99. The maximum Gasteiger partial charge on any atom is 0.336 e. The zero-order valence-corrected chi connectivity index (χ0v) is 15.0. The Labute approximate surface area is 147 Å². The number of aromatic nitrogens is 3. The number of carboxylic acid groups (broad SMARTS) is 1. The highest BCUT2D eigenvalue weighted by atomic mass is 32.2. The van der Waals surface area contributed by atoms with Crippen molar-refractivity contribution in [1.29, 1.82) is 0 Å². The molecular formula is C16H15N3O4S2. The highest BCUT2D eigenvalue weighted by Gasteiger charge is 2.32. The van der Waals surface area contributed by atoms with Gasteiger partial charge in [-0.05, 0) is 30.9 Å². The molecule has 130 valence electrons. The van der Waals surface area contributed by atoms with Crippen molar-refractivity contribution < 1.29 is 18.3 Å². The second-order valence-electron chi connectivity index (χ2n) is 6.12. The number of aryl methyl sites for hydroxylation is 1. The summed E-state index contributed by atoms with van der Waals surface area (Å²) in [6.45, 7) is 1.72. The van der Waals surface area contributed by atoms with E-state index >= 15 is 0 Å². The normalized spacial score (nSPS) is 19.5. The van der Waals surface area contributed by atoms with Crippen LogP contribution in [0.5, 0.6) is 0 Å². The molecule has 3 aromatic rings. The number of sulfone groups is 1. The van der Waals surface area contributed by atoms with E-state index in [2.05, 4.69) is 10.1 Å². The minimum atomic E-state index is -3.09. The average molecular weight is 377 g/mol. The molecule has 0 amide bonds. The van der Waals surface area contributed by atoms with E-state index in [0.717, 1.165) is 4.88 Å². The van der Waals surface area contributed by atoms with Crippen molar-refractivity contribution in [2.24, 2.45) is 0 Å². The summed E-state index contributed by atoms with van der Waals surface area (Å²) in [5, 5.41) is 16.4. The van der Waals surface area contributed by atoms with Crippen molar-refractivity contribution in [2.45, 2.75) is 19.4 Å². The molecule has 25 heavy (non-hydrogen) atoms. The van der Waals surface area contributed by atoms with Gasteiger partial charge in [-0.3, -0.25) is 0 Å². The Morgan fingerprint density at radius 2 is 2.24 bits per heavy atom. The van der Waals surface area contributed by atoms with Crippen LogP contribution in [-0.4, -0.2) is 45.8 Å². The molecule has 9 heteroatoms. The number of hydrogen-bond acceptors (Lipinski definition) is 6. The van der Waals surface area contributed by atoms with Crippen LogP contribution in [0.2, 0.25) is 0 Å². The standard InChI is InChI=1S/C16H15N3O4S2/c1-9-14-11(16(20)21)7-12(13-3-2-5-24-13)17-15(14)19(18-9)10-4-6-25(22,23)8-10/h2-3,5,7,10H,4,6,8H2,1H3,(H,20,21)/t10-/m1/s1. The minimum Gasteiger partial charge on any atom is -0.478 e.